The number of hydrogen-bond acceptors (Lipinski definition) is 3. The fourth-order valence-corrected chi connectivity index (χ4v) is 4.96. The van der Waals surface area contributed by atoms with E-state index < -0.39 is 9.05 Å². The first-order valence-corrected chi connectivity index (χ1v) is 10.3. The molecule has 0 N–H and O–H groups in total. The minimum Gasteiger partial charge on any atom is -0.378 e. The molecule has 3 nitrogen and oxygen atoms in total. The molecule has 1 aliphatic rings. The van der Waals surface area contributed by atoms with Gasteiger partial charge in [-0.25, -0.2) is 8.42 Å². The van der Waals surface area contributed by atoms with Crippen molar-refractivity contribution in [3.63, 3.8) is 0 Å². The van der Waals surface area contributed by atoms with Gasteiger partial charge in [0.2, 0.25) is 9.05 Å². The highest BCUT2D eigenvalue weighted by atomic mass is 35.7. The van der Waals surface area contributed by atoms with Crippen LogP contribution in [0.5, 0.6) is 0 Å². The van der Waals surface area contributed by atoms with Gasteiger partial charge >= 0.3 is 0 Å². The van der Waals surface area contributed by atoms with E-state index in [1.54, 1.807) is 0 Å². The molecular formula is C16H31ClO3S. The van der Waals surface area contributed by atoms with Gasteiger partial charge in [-0.15, -0.1) is 0 Å². The molecule has 0 aliphatic heterocycles. The Kier molecular flexibility index (Phi) is 6.19. The molecule has 21 heavy (non-hydrogen) atoms. The summed E-state index contributed by atoms with van der Waals surface area (Å²) in [6, 6.07) is 0. The fraction of sp³-hybridized carbons (Fsp3) is 1.00. The molecule has 0 amide bonds. The maximum Gasteiger partial charge on any atom is 0.232 e. The number of halogens is 1. The van der Waals surface area contributed by atoms with Crippen LogP contribution >= 0.6 is 10.7 Å². The van der Waals surface area contributed by atoms with Crippen LogP contribution in [0.1, 0.15) is 60.8 Å². The zero-order valence-electron chi connectivity index (χ0n) is 14.3. The summed E-state index contributed by atoms with van der Waals surface area (Å²) in [5, 5.41) is 0. The summed E-state index contributed by atoms with van der Waals surface area (Å²) in [7, 11) is 1.94. The highest BCUT2D eigenvalue weighted by Crippen LogP contribution is 2.40. The van der Waals surface area contributed by atoms with Gasteiger partial charge in [0.15, 0.2) is 0 Å². The molecule has 1 saturated carbocycles. The third-order valence-electron chi connectivity index (χ3n) is 4.50. The zero-order chi connectivity index (χ0) is 16.5. The first-order valence-electron chi connectivity index (χ1n) is 7.82. The van der Waals surface area contributed by atoms with Crippen LogP contribution in [0.25, 0.3) is 0 Å². The van der Waals surface area contributed by atoms with Crippen molar-refractivity contribution in [2.24, 2.45) is 22.7 Å². The van der Waals surface area contributed by atoms with Crippen molar-refractivity contribution in [3.8, 4) is 0 Å². The average molecular weight is 339 g/mol. The van der Waals surface area contributed by atoms with Crippen LogP contribution < -0.4 is 0 Å². The van der Waals surface area contributed by atoms with E-state index in [0.717, 1.165) is 12.8 Å². The van der Waals surface area contributed by atoms with Crippen molar-refractivity contribution in [1.82, 2.24) is 0 Å². The Hall–Kier alpha value is 0.200. The lowest BCUT2D eigenvalue weighted by Crippen LogP contribution is -2.36. The van der Waals surface area contributed by atoms with Crippen molar-refractivity contribution in [2.45, 2.75) is 66.9 Å². The van der Waals surface area contributed by atoms with Gasteiger partial charge in [-0.1, -0.05) is 41.5 Å². The molecule has 5 heteroatoms. The van der Waals surface area contributed by atoms with E-state index in [4.69, 9.17) is 15.4 Å². The molecule has 1 rings (SSSR count). The Bertz CT molecular complexity index is 437. The van der Waals surface area contributed by atoms with Gasteiger partial charge in [0, 0.05) is 16.6 Å². The number of hydrogen-bond donors (Lipinski definition) is 0. The lowest BCUT2D eigenvalue weighted by Gasteiger charge is -2.40. The van der Waals surface area contributed by atoms with Gasteiger partial charge in [-0.2, -0.15) is 0 Å². The standard InChI is InChI=1S/C16H31ClO3S/c1-12-7-14(9-16(5,6)8-12)20-10-13(15(2,3)4)11-21(17,18)19/h12-14H,7-11H2,1-6H3. The zero-order valence-corrected chi connectivity index (χ0v) is 15.9. The molecule has 3 unspecified atom stereocenters. The normalized spacial score (nSPS) is 28.3. The Morgan fingerprint density at radius 1 is 1.29 bits per heavy atom. The van der Waals surface area contributed by atoms with E-state index in [-0.39, 0.29) is 23.2 Å². The Labute approximate surface area is 135 Å². The summed E-state index contributed by atoms with van der Waals surface area (Å²) < 4.78 is 28.9. The monoisotopic (exact) mass is 338 g/mol. The maximum absolute atomic E-state index is 11.4. The van der Waals surface area contributed by atoms with Crippen molar-refractivity contribution < 1.29 is 13.2 Å². The molecule has 1 aliphatic carbocycles. The Balaban J connectivity index is 2.65. The molecule has 1 fully saturated rings. The van der Waals surface area contributed by atoms with Crippen molar-refractivity contribution in [2.75, 3.05) is 12.4 Å². The van der Waals surface area contributed by atoms with E-state index in [0.29, 0.717) is 17.9 Å². The summed E-state index contributed by atoms with van der Waals surface area (Å²) in [5.41, 5.74) is 0.163. The van der Waals surface area contributed by atoms with Crippen LogP contribution in [0.15, 0.2) is 0 Å². The van der Waals surface area contributed by atoms with Crippen LogP contribution in [-0.4, -0.2) is 26.9 Å². The lowest BCUT2D eigenvalue weighted by molar-refractivity contribution is -0.0463. The molecule has 0 bridgehead atoms. The minimum atomic E-state index is -3.50. The maximum atomic E-state index is 11.4. The molecule has 126 valence electrons. The molecule has 0 aromatic carbocycles. The summed E-state index contributed by atoms with van der Waals surface area (Å²) in [6.45, 7) is 13.4. The topological polar surface area (TPSA) is 43.4 Å². The SMILES string of the molecule is CC1CC(OCC(CS(=O)(=O)Cl)C(C)(C)C)CC(C)(C)C1. The fourth-order valence-electron chi connectivity index (χ4n) is 3.43. The second kappa shape index (κ2) is 6.76. The molecular weight excluding hydrogens is 308 g/mol. The highest BCUT2D eigenvalue weighted by molar-refractivity contribution is 8.13. The predicted octanol–water partition coefficient (Wildman–Crippen LogP) is 4.45. The summed E-state index contributed by atoms with van der Waals surface area (Å²) in [4.78, 5) is 0. The van der Waals surface area contributed by atoms with Crippen LogP contribution in [-0.2, 0) is 13.8 Å². The second-order valence-corrected chi connectivity index (χ2v) is 11.5. The first-order chi connectivity index (χ1) is 9.28. The van der Waals surface area contributed by atoms with Crippen molar-refractivity contribution in [1.29, 1.82) is 0 Å². The number of ether oxygens (including phenoxy) is 1. The van der Waals surface area contributed by atoms with Gasteiger partial charge in [0.1, 0.15) is 0 Å². The van der Waals surface area contributed by atoms with E-state index in [1.807, 2.05) is 20.8 Å². The van der Waals surface area contributed by atoms with Crippen molar-refractivity contribution in [3.05, 3.63) is 0 Å². The summed E-state index contributed by atoms with van der Waals surface area (Å²) in [6.07, 6.45) is 3.56. The van der Waals surface area contributed by atoms with E-state index in [1.165, 1.54) is 6.42 Å². The lowest BCUT2D eigenvalue weighted by atomic mass is 9.71. The molecule has 0 radical (unpaired) electrons. The molecule has 3 atom stereocenters. The second-order valence-electron chi connectivity index (χ2n) is 8.64. The smallest absolute Gasteiger partial charge is 0.232 e. The van der Waals surface area contributed by atoms with Crippen LogP contribution in [0.4, 0.5) is 0 Å². The largest absolute Gasteiger partial charge is 0.378 e. The molecule has 0 aromatic heterocycles. The first kappa shape index (κ1) is 19.2. The minimum absolute atomic E-state index is 0.0241. The van der Waals surface area contributed by atoms with Crippen LogP contribution in [0, 0.1) is 22.7 Å². The summed E-state index contributed by atoms with van der Waals surface area (Å²) >= 11 is 0. The van der Waals surface area contributed by atoms with Gasteiger partial charge in [-0.05, 0) is 36.0 Å². The van der Waals surface area contributed by atoms with E-state index >= 15 is 0 Å². The Morgan fingerprint density at radius 2 is 1.86 bits per heavy atom. The molecule has 0 aromatic rings. The van der Waals surface area contributed by atoms with E-state index in [2.05, 4.69) is 20.8 Å². The Morgan fingerprint density at radius 3 is 2.29 bits per heavy atom. The van der Waals surface area contributed by atoms with Gasteiger partial charge in [0.25, 0.3) is 0 Å². The van der Waals surface area contributed by atoms with Crippen LogP contribution in [0.3, 0.4) is 0 Å². The van der Waals surface area contributed by atoms with Crippen molar-refractivity contribution >= 4 is 19.7 Å². The van der Waals surface area contributed by atoms with Gasteiger partial charge in [-0.3, -0.25) is 0 Å². The number of rotatable bonds is 5. The molecule has 0 spiro atoms. The van der Waals surface area contributed by atoms with Gasteiger partial charge < -0.3 is 4.74 Å². The summed E-state index contributed by atoms with van der Waals surface area (Å²) in [5.74, 6) is 0.549. The predicted molar refractivity (Wildman–Crippen MR) is 89.1 cm³/mol. The third kappa shape index (κ3) is 7.34. The average Bonchev–Trinajstić information content (AvgIpc) is 2.18. The molecule has 0 heterocycles. The van der Waals surface area contributed by atoms with E-state index in [9.17, 15) is 8.42 Å². The highest BCUT2D eigenvalue weighted by Gasteiger charge is 2.35. The quantitative estimate of drug-likeness (QED) is 0.695. The van der Waals surface area contributed by atoms with Crippen LogP contribution in [0.2, 0.25) is 0 Å². The third-order valence-corrected chi connectivity index (χ3v) is 5.68. The molecule has 0 saturated heterocycles. The van der Waals surface area contributed by atoms with Gasteiger partial charge in [0.05, 0.1) is 18.5 Å².